The Balaban J connectivity index is 1.50. The lowest BCUT2D eigenvalue weighted by molar-refractivity contribution is 0.0634. The molecule has 6 heteroatoms. The van der Waals surface area contributed by atoms with Crippen LogP contribution in [0.15, 0.2) is 47.5 Å². The number of rotatable bonds is 4. The predicted molar refractivity (Wildman–Crippen MR) is 109 cm³/mol. The largest absolute Gasteiger partial charge is 0.493 e. The molecule has 1 saturated heterocycles. The highest BCUT2D eigenvalue weighted by molar-refractivity contribution is 6.06. The summed E-state index contributed by atoms with van der Waals surface area (Å²) in [4.78, 5) is 30.0. The highest BCUT2D eigenvalue weighted by atomic mass is 16.5. The van der Waals surface area contributed by atoms with Crippen LogP contribution in [0.3, 0.4) is 0 Å². The maximum atomic E-state index is 13.2. The Hall–Kier alpha value is -3.02. The predicted octanol–water partition coefficient (Wildman–Crippen LogP) is 3.11. The van der Waals surface area contributed by atoms with Gasteiger partial charge in [-0.15, -0.1) is 0 Å². The Morgan fingerprint density at radius 2 is 2.11 bits per heavy atom. The number of hydrogen-bond acceptors (Lipinski definition) is 3. The van der Waals surface area contributed by atoms with Crippen LogP contribution in [0.4, 0.5) is 0 Å². The van der Waals surface area contributed by atoms with E-state index in [1.807, 2.05) is 53.8 Å². The number of aromatic amines is 1. The second-order valence-electron chi connectivity index (χ2n) is 7.56. The third-order valence-corrected chi connectivity index (χ3v) is 5.52. The number of H-pyrrole nitrogens is 1. The van der Waals surface area contributed by atoms with E-state index in [1.165, 1.54) is 0 Å². The molecule has 6 nitrogen and oxygen atoms in total. The molecule has 0 saturated carbocycles. The van der Waals surface area contributed by atoms with Gasteiger partial charge in [-0.2, -0.15) is 0 Å². The second kappa shape index (κ2) is 7.54. The number of piperidine rings is 1. The van der Waals surface area contributed by atoms with Gasteiger partial charge >= 0.3 is 0 Å². The third-order valence-electron chi connectivity index (χ3n) is 5.52. The van der Waals surface area contributed by atoms with Gasteiger partial charge in [-0.1, -0.05) is 18.2 Å². The van der Waals surface area contributed by atoms with Gasteiger partial charge in [0.05, 0.1) is 23.1 Å². The number of para-hydroxylation sites is 1. The number of hydrogen-bond donors (Lipinski definition) is 1. The van der Waals surface area contributed by atoms with E-state index in [1.54, 1.807) is 12.4 Å². The summed E-state index contributed by atoms with van der Waals surface area (Å²) >= 11 is 0. The van der Waals surface area contributed by atoms with Crippen molar-refractivity contribution in [3.05, 3.63) is 64.2 Å². The van der Waals surface area contributed by atoms with Crippen LogP contribution in [-0.2, 0) is 7.05 Å². The first-order valence-electron chi connectivity index (χ1n) is 9.69. The van der Waals surface area contributed by atoms with Gasteiger partial charge in [0, 0.05) is 38.4 Å². The number of likely N-dealkylation sites (tertiary alicyclic amines) is 1. The minimum absolute atomic E-state index is 0.0807. The number of aromatic nitrogens is 2. The lowest BCUT2D eigenvalue weighted by Crippen LogP contribution is -2.41. The van der Waals surface area contributed by atoms with Crippen LogP contribution in [-0.4, -0.2) is 40.1 Å². The van der Waals surface area contributed by atoms with Crippen LogP contribution in [0.5, 0.6) is 5.75 Å². The number of carbonyl (C=O) groups excluding carboxylic acids is 1. The van der Waals surface area contributed by atoms with Crippen molar-refractivity contribution >= 4 is 16.8 Å². The van der Waals surface area contributed by atoms with Crippen molar-refractivity contribution in [2.24, 2.45) is 13.0 Å². The zero-order chi connectivity index (χ0) is 19.7. The van der Waals surface area contributed by atoms with Crippen LogP contribution in [0.2, 0.25) is 0 Å². The standard InChI is InChI=1S/C22H25N3O3/c1-15-6-3-4-8-19(15)28-14-16-7-5-11-25(12-16)22(27)17-13-24(2)18-9-10-23-21(26)20(17)18/h3-4,6,8-10,13,16H,5,7,11-12,14H2,1-2H3,(H,23,26). The molecule has 1 aliphatic rings. The Kier molecular flexibility index (Phi) is 4.94. The van der Waals surface area contributed by atoms with Gasteiger partial charge in [0.1, 0.15) is 5.75 Å². The molecule has 1 aliphatic heterocycles. The number of aryl methyl sites for hydroxylation is 2. The highest BCUT2D eigenvalue weighted by Crippen LogP contribution is 2.24. The smallest absolute Gasteiger partial charge is 0.258 e. The molecule has 1 fully saturated rings. The van der Waals surface area contributed by atoms with Crippen molar-refractivity contribution in [3.8, 4) is 5.75 Å². The fraction of sp³-hybridized carbons (Fsp3) is 0.364. The lowest BCUT2D eigenvalue weighted by Gasteiger charge is -2.32. The molecule has 0 bridgehead atoms. The summed E-state index contributed by atoms with van der Waals surface area (Å²) in [6, 6.07) is 9.79. The van der Waals surface area contributed by atoms with E-state index in [9.17, 15) is 9.59 Å². The minimum Gasteiger partial charge on any atom is -0.493 e. The van der Waals surface area contributed by atoms with E-state index >= 15 is 0 Å². The highest BCUT2D eigenvalue weighted by Gasteiger charge is 2.27. The molecule has 4 rings (SSSR count). The molecule has 1 atom stereocenters. The van der Waals surface area contributed by atoms with Gasteiger partial charge in [0.2, 0.25) is 0 Å². The summed E-state index contributed by atoms with van der Waals surface area (Å²) in [5.74, 6) is 1.10. The average molecular weight is 379 g/mol. The monoisotopic (exact) mass is 379 g/mol. The van der Waals surface area contributed by atoms with Crippen LogP contribution in [0.1, 0.15) is 28.8 Å². The minimum atomic E-state index is -0.224. The molecule has 0 spiro atoms. The quantitative estimate of drug-likeness (QED) is 0.757. The van der Waals surface area contributed by atoms with Crippen LogP contribution >= 0.6 is 0 Å². The maximum Gasteiger partial charge on any atom is 0.258 e. The molecule has 2 aromatic heterocycles. The first-order valence-corrected chi connectivity index (χ1v) is 9.69. The van der Waals surface area contributed by atoms with E-state index in [0.717, 1.165) is 29.7 Å². The van der Waals surface area contributed by atoms with Crippen molar-refractivity contribution in [2.75, 3.05) is 19.7 Å². The first kappa shape index (κ1) is 18.3. The zero-order valence-electron chi connectivity index (χ0n) is 16.3. The maximum absolute atomic E-state index is 13.2. The first-order chi connectivity index (χ1) is 13.5. The number of benzene rings is 1. The van der Waals surface area contributed by atoms with Crippen molar-refractivity contribution in [2.45, 2.75) is 19.8 Å². The molecule has 3 heterocycles. The molecule has 1 aromatic carbocycles. The SMILES string of the molecule is Cc1ccccc1OCC1CCCN(C(=O)c2cn(C)c3cc[nH]c(=O)c23)C1. The lowest BCUT2D eigenvalue weighted by atomic mass is 9.98. The Morgan fingerprint density at radius 1 is 1.29 bits per heavy atom. The number of fused-ring (bicyclic) bond motifs is 1. The summed E-state index contributed by atoms with van der Waals surface area (Å²) in [6.07, 6.45) is 5.34. The van der Waals surface area contributed by atoms with Crippen LogP contribution < -0.4 is 10.3 Å². The third kappa shape index (κ3) is 3.42. The van der Waals surface area contributed by atoms with Crippen molar-refractivity contribution in [3.63, 3.8) is 0 Å². The molecule has 0 aliphatic carbocycles. The second-order valence-corrected chi connectivity index (χ2v) is 7.56. The normalized spacial score (nSPS) is 17.1. The molecular weight excluding hydrogens is 354 g/mol. The summed E-state index contributed by atoms with van der Waals surface area (Å²) in [6.45, 7) is 3.97. The summed E-state index contributed by atoms with van der Waals surface area (Å²) in [5, 5.41) is 0.466. The van der Waals surface area contributed by atoms with Crippen molar-refractivity contribution in [1.29, 1.82) is 0 Å². The molecule has 1 unspecified atom stereocenters. The molecule has 28 heavy (non-hydrogen) atoms. The van der Waals surface area contributed by atoms with Gasteiger partial charge in [-0.3, -0.25) is 9.59 Å². The number of amides is 1. The van der Waals surface area contributed by atoms with Gasteiger partial charge in [-0.05, 0) is 37.5 Å². The van der Waals surface area contributed by atoms with Crippen LogP contribution in [0, 0.1) is 12.8 Å². The van der Waals surface area contributed by atoms with E-state index < -0.39 is 0 Å². The number of pyridine rings is 1. The van der Waals surface area contributed by atoms with Gasteiger partial charge < -0.3 is 19.2 Å². The number of nitrogens with one attached hydrogen (secondary N) is 1. The van der Waals surface area contributed by atoms with E-state index in [2.05, 4.69) is 4.98 Å². The molecule has 0 radical (unpaired) electrons. The van der Waals surface area contributed by atoms with Crippen molar-refractivity contribution < 1.29 is 9.53 Å². The number of carbonyl (C=O) groups is 1. The van der Waals surface area contributed by atoms with E-state index in [4.69, 9.17) is 4.74 Å². The Labute approximate surface area is 163 Å². The topological polar surface area (TPSA) is 67.3 Å². The summed E-state index contributed by atoms with van der Waals surface area (Å²) < 4.78 is 7.84. The van der Waals surface area contributed by atoms with Gasteiger partial charge in [-0.25, -0.2) is 0 Å². The number of nitrogens with zero attached hydrogens (tertiary/aromatic N) is 2. The Morgan fingerprint density at radius 3 is 2.93 bits per heavy atom. The van der Waals surface area contributed by atoms with Crippen molar-refractivity contribution in [1.82, 2.24) is 14.5 Å². The molecule has 1 amide bonds. The number of ether oxygens (including phenoxy) is 1. The molecule has 1 N–H and O–H groups in total. The average Bonchev–Trinajstić information content (AvgIpc) is 3.05. The zero-order valence-corrected chi connectivity index (χ0v) is 16.3. The molecular formula is C22H25N3O3. The van der Waals surface area contributed by atoms with Gasteiger partial charge in [0.25, 0.3) is 11.5 Å². The molecule has 146 valence electrons. The summed E-state index contributed by atoms with van der Waals surface area (Å²) in [5.41, 5.74) is 2.13. The fourth-order valence-electron chi connectivity index (χ4n) is 3.99. The fourth-order valence-corrected chi connectivity index (χ4v) is 3.99. The van der Waals surface area contributed by atoms with E-state index in [0.29, 0.717) is 30.6 Å². The Bertz CT molecular complexity index is 1070. The summed E-state index contributed by atoms with van der Waals surface area (Å²) in [7, 11) is 1.85. The van der Waals surface area contributed by atoms with Gasteiger partial charge in [0.15, 0.2) is 0 Å². The van der Waals surface area contributed by atoms with Crippen LogP contribution in [0.25, 0.3) is 10.9 Å². The molecule has 3 aromatic rings. The van der Waals surface area contributed by atoms with E-state index in [-0.39, 0.29) is 17.4 Å².